The highest BCUT2D eigenvalue weighted by atomic mass is 35.5. The molecular weight excluding hydrogens is 192 g/mol. The maximum atomic E-state index is 6.01. The summed E-state index contributed by atoms with van der Waals surface area (Å²) in [7, 11) is 0. The first kappa shape index (κ1) is 10.7. The lowest BCUT2D eigenvalue weighted by atomic mass is 9.81. The predicted octanol–water partition coefficient (Wildman–Crippen LogP) is 2.77. The number of hydrogen-bond donors (Lipinski definition) is 0. The largest absolute Gasteiger partial charge is 0.378 e. The molecule has 1 heterocycles. The summed E-state index contributed by atoms with van der Waals surface area (Å²) in [5.41, 5.74) is 0.268. The summed E-state index contributed by atoms with van der Waals surface area (Å²) in [6.07, 6.45) is 4.82. The molecule has 2 atom stereocenters. The average molecular weight is 209 g/mol. The highest BCUT2D eigenvalue weighted by molar-refractivity contribution is 7.98. The lowest BCUT2D eigenvalue weighted by Crippen LogP contribution is -2.31. The minimum absolute atomic E-state index is 0.268. The highest BCUT2D eigenvalue weighted by Gasteiger charge is 2.39. The third-order valence-corrected chi connectivity index (χ3v) is 4.05. The maximum absolute atomic E-state index is 6.01. The molecule has 0 radical (unpaired) electrons. The van der Waals surface area contributed by atoms with E-state index in [1.165, 1.54) is 12.2 Å². The van der Waals surface area contributed by atoms with Crippen LogP contribution in [0.1, 0.15) is 19.8 Å². The minimum atomic E-state index is 0.268. The molecule has 0 aromatic rings. The lowest BCUT2D eigenvalue weighted by Gasteiger charge is -2.29. The van der Waals surface area contributed by atoms with E-state index in [0.717, 1.165) is 18.9 Å². The summed E-state index contributed by atoms with van der Waals surface area (Å²) >= 11 is 7.90. The summed E-state index contributed by atoms with van der Waals surface area (Å²) in [5, 5.41) is 0. The molecule has 2 unspecified atom stereocenters. The molecule has 1 aliphatic rings. The van der Waals surface area contributed by atoms with Crippen molar-refractivity contribution in [2.45, 2.75) is 25.9 Å². The highest BCUT2D eigenvalue weighted by Crippen LogP contribution is 2.39. The Morgan fingerprint density at radius 1 is 1.67 bits per heavy atom. The average Bonchev–Trinajstić information content (AvgIpc) is 2.45. The molecule has 72 valence electrons. The SMILES string of the molecule is CSCCC1(CCl)CCOC1C. The Kier molecular flexibility index (Phi) is 4.21. The van der Waals surface area contributed by atoms with Crippen molar-refractivity contribution in [1.29, 1.82) is 0 Å². The molecule has 1 nitrogen and oxygen atoms in total. The van der Waals surface area contributed by atoms with Crippen LogP contribution in [0.4, 0.5) is 0 Å². The number of rotatable bonds is 4. The van der Waals surface area contributed by atoms with E-state index in [9.17, 15) is 0 Å². The molecule has 0 aromatic carbocycles. The van der Waals surface area contributed by atoms with Gasteiger partial charge in [-0.05, 0) is 31.8 Å². The topological polar surface area (TPSA) is 9.23 Å². The molecule has 12 heavy (non-hydrogen) atoms. The van der Waals surface area contributed by atoms with Gasteiger partial charge in [0.1, 0.15) is 0 Å². The van der Waals surface area contributed by atoms with Crippen molar-refractivity contribution in [3.8, 4) is 0 Å². The van der Waals surface area contributed by atoms with E-state index in [1.807, 2.05) is 11.8 Å². The molecule has 0 aliphatic carbocycles. The van der Waals surface area contributed by atoms with Crippen LogP contribution in [0.15, 0.2) is 0 Å². The second-order valence-electron chi connectivity index (χ2n) is 3.50. The summed E-state index contributed by atoms with van der Waals surface area (Å²) in [6.45, 7) is 3.04. The maximum Gasteiger partial charge on any atom is 0.0615 e. The molecule has 0 amide bonds. The zero-order valence-electron chi connectivity index (χ0n) is 7.81. The first-order valence-corrected chi connectivity index (χ1v) is 6.34. The van der Waals surface area contributed by atoms with Gasteiger partial charge in [-0.25, -0.2) is 0 Å². The third-order valence-electron chi connectivity index (χ3n) is 2.90. The van der Waals surface area contributed by atoms with Gasteiger partial charge in [0.2, 0.25) is 0 Å². The van der Waals surface area contributed by atoms with E-state index >= 15 is 0 Å². The molecule has 1 fully saturated rings. The van der Waals surface area contributed by atoms with E-state index in [4.69, 9.17) is 16.3 Å². The monoisotopic (exact) mass is 208 g/mol. The van der Waals surface area contributed by atoms with E-state index in [-0.39, 0.29) is 5.41 Å². The Morgan fingerprint density at radius 3 is 2.83 bits per heavy atom. The van der Waals surface area contributed by atoms with Crippen molar-refractivity contribution >= 4 is 23.4 Å². The minimum Gasteiger partial charge on any atom is -0.378 e. The van der Waals surface area contributed by atoms with Gasteiger partial charge in [-0.2, -0.15) is 11.8 Å². The van der Waals surface area contributed by atoms with Crippen LogP contribution in [0.2, 0.25) is 0 Å². The van der Waals surface area contributed by atoms with Gasteiger partial charge in [-0.3, -0.25) is 0 Å². The first-order valence-electron chi connectivity index (χ1n) is 4.42. The quantitative estimate of drug-likeness (QED) is 0.658. The van der Waals surface area contributed by atoms with Gasteiger partial charge in [0.15, 0.2) is 0 Å². The van der Waals surface area contributed by atoms with Crippen LogP contribution in [0.3, 0.4) is 0 Å². The fraction of sp³-hybridized carbons (Fsp3) is 1.00. The fourth-order valence-electron chi connectivity index (χ4n) is 1.69. The molecule has 3 heteroatoms. The van der Waals surface area contributed by atoms with Crippen molar-refractivity contribution in [3.05, 3.63) is 0 Å². The standard InChI is InChI=1S/C9H17ClOS/c1-8-9(7-10,3-5-11-8)4-6-12-2/h8H,3-7H2,1-2H3. The van der Waals surface area contributed by atoms with Crippen molar-refractivity contribution in [3.63, 3.8) is 0 Å². The smallest absolute Gasteiger partial charge is 0.0615 e. The van der Waals surface area contributed by atoms with Gasteiger partial charge >= 0.3 is 0 Å². The van der Waals surface area contributed by atoms with E-state index < -0.39 is 0 Å². The van der Waals surface area contributed by atoms with E-state index in [0.29, 0.717) is 6.10 Å². The van der Waals surface area contributed by atoms with Crippen LogP contribution in [0, 0.1) is 5.41 Å². The van der Waals surface area contributed by atoms with Crippen molar-refractivity contribution in [2.24, 2.45) is 5.41 Å². The number of alkyl halides is 1. The molecule has 1 rings (SSSR count). The number of ether oxygens (including phenoxy) is 1. The molecular formula is C9H17ClOS. The van der Waals surface area contributed by atoms with Crippen molar-refractivity contribution < 1.29 is 4.74 Å². The van der Waals surface area contributed by atoms with E-state index in [1.54, 1.807) is 0 Å². The van der Waals surface area contributed by atoms with Gasteiger partial charge in [0, 0.05) is 17.9 Å². The molecule has 1 aliphatic heterocycles. The Labute approximate surface area is 84.2 Å². The van der Waals surface area contributed by atoms with Crippen LogP contribution in [-0.2, 0) is 4.74 Å². The fourth-order valence-corrected chi connectivity index (χ4v) is 2.79. The second kappa shape index (κ2) is 4.73. The Hall–Kier alpha value is 0.600. The van der Waals surface area contributed by atoms with Crippen LogP contribution in [-0.4, -0.2) is 30.6 Å². The number of thioether (sulfide) groups is 1. The first-order chi connectivity index (χ1) is 5.75. The van der Waals surface area contributed by atoms with Crippen LogP contribution >= 0.6 is 23.4 Å². The summed E-state index contributed by atoms with van der Waals surface area (Å²) in [6, 6.07) is 0. The molecule has 0 bridgehead atoms. The molecule has 0 saturated carbocycles. The molecule has 0 N–H and O–H groups in total. The van der Waals surface area contributed by atoms with Gasteiger partial charge < -0.3 is 4.74 Å². The Morgan fingerprint density at radius 2 is 2.42 bits per heavy atom. The van der Waals surface area contributed by atoms with Crippen LogP contribution in [0.5, 0.6) is 0 Å². The molecule has 0 aromatic heterocycles. The summed E-state index contributed by atoms with van der Waals surface area (Å²) in [5.74, 6) is 1.94. The van der Waals surface area contributed by atoms with Gasteiger partial charge in [-0.1, -0.05) is 0 Å². The zero-order valence-corrected chi connectivity index (χ0v) is 9.38. The van der Waals surface area contributed by atoms with Gasteiger partial charge in [0.05, 0.1) is 6.10 Å². The second-order valence-corrected chi connectivity index (χ2v) is 4.75. The van der Waals surface area contributed by atoms with E-state index in [2.05, 4.69) is 13.2 Å². The van der Waals surface area contributed by atoms with Crippen LogP contribution < -0.4 is 0 Å². The van der Waals surface area contributed by atoms with Gasteiger partial charge in [-0.15, -0.1) is 11.6 Å². The number of hydrogen-bond acceptors (Lipinski definition) is 2. The molecule has 0 spiro atoms. The summed E-state index contributed by atoms with van der Waals surface area (Å²) < 4.78 is 5.56. The van der Waals surface area contributed by atoms with Crippen LogP contribution in [0.25, 0.3) is 0 Å². The third kappa shape index (κ3) is 2.09. The predicted molar refractivity (Wildman–Crippen MR) is 56.2 cm³/mol. The normalized spacial score (nSPS) is 35.8. The Bertz CT molecular complexity index is 142. The lowest BCUT2D eigenvalue weighted by molar-refractivity contribution is 0.0723. The van der Waals surface area contributed by atoms with Gasteiger partial charge in [0.25, 0.3) is 0 Å². The zero-order chi connectivity index (χ0) is 9.03. The number of halogens is 1. The summed E-state index contributed by atoms with van der Waals surface area (Å²) in [4.78, 5) is 0. The Balaban J connectivity index is 2.49. The van der Waals surface area contributed by atoms with Crippen molar-refractivity contribution in [2.75, 3.05) is 24.5 Å². The molecule has 1 saturated heterocycles. The van der Waals surface area contributed by atoms with Crippen molar-refractivity contribution in [1.82, 2.24) is 0 Å².